The molecule has 0 radical (unpaired) electrons. The minimum absolute atomic E-state index is 0.115. The molecule has 0 bridgehead atoms. The number of β-amino-alcohol motifs (C(OH)–C–C–N with tert-alkyl or cyclic N) is 1. The summed E-state index contributed by atoms with van der Waals surface area (Å²) in [7, 11) is 3.13. The Balaban J connectivity index is 1.42. The number of hydrogen-bond donors (Lipinski definition) is 1. The van der Waals surface area contributed by atoms with E-state index in [1.165, 1.54) is 6.26 Å². The highest BCUT2D eigenvalue weighted by Crippen LogP contribution is 2.32. The molecule has 0 unspecified atom stereocenters. The van der Waals surface area contributed by atoms with Crippen molar-refractivity contribution in [2.24, 2.45) is 0 Å². The van der Waals surface area contributed by atoms with E-state index in [4.69, 9.17) is 23.7 Å². The molecule has 1 aliphatic rings. The number of piperazine rings is 1. The van der Waals surface area contributed by atoms with Crippen molar-refractivity contribution in [2.45, 2.75) is 0 Å². The second kappa shape index (κ2) is 10.7. The summed E-state index contributed by atoms with van der Waals surface area (Å²) in [6, 6.07) is 10.6. The summed E-state index contributed by atoms with van der Waals surface area (Å²) in [6.07, 6.45) is 1.47. The first-order valence-corrected chi connectivity index (χ1v) is 11.1. The fourth-order valence-corrected chi connectivity index (χ4v) is 4.07. The van der Waals surface area contributed by atoms with Gasteiger partial charge in [-0.05, 0) is 29.8 Å². The smallest absolute Gasteiger partial charge is 0.200 e. The molecule has 0 saturated carbocycles. The van der Waals surface area contributed by atoms with Gasteiger partial charge in [0.15, 0.2) is 16.9 Å². The molecule has 1 fully saturated rings. The SMILES string of the molecule is COc1ccc(-c2coc3cc(OCCN4CCN(CCO)CC4)ccc3c2=O)cc1OC. The van der Waals surface area contributed by atoms with E-state index in [2.05, 4.69) is 9.80 Å². The number of ether oxygens (including phenoxy) is 3. The van der Waals surface area contributed by atoms with Crippen LogP contribution in [0.15, 0.2) is 51.9 Å². The highest BCUT2D eigenvalue weighted by molar-refractivity contribution is 5.83. The van der Waals surface area contributed by atoms with Crippen LogP contribution in [0, 0.1) is 0 Å². The van der Waals surface area contributed by atoms with E-state index >= 15 is 0 Å². The van der Waals surface area contributed by atoms with Crippen molar-refractivity contribution in [3.63, 3.8) is 0 Å². The highest BCUT2D eigenvalue weighted by Gasteiger charge is 2.16. The van der Waals surface area contributed by atoms with Crippen molar-refractivity contribution < 1.29 is 23.7 Å². The molecule has 1 saturated heterocycles. The largest absolute Gasteiger partial charge is 0.493 e. The normalized spacial score (nSPS) is 15.0. The average Bonchev–Trinajstić information content (AvgIpc) is 2.85. The summed E-state index contributed by atoms with van der Waals surface area (Å²) in [5.41, 5.74) is 1.52. The number of rotatable bonds is 9. The summed E-state index contributed by atoms with van der Waals surface area (Å²) in [4.78, 5) is 17.7. The quantitative estimate of drug-likeness (QED) is 0.528. The molecule has 1 aromatic heterocycles. The van der Waals surface area contributed by atoms with Gasteiger partial charge in [0, 0.05) is 45.3 Å². The maximum Gasteiger partial charge on any atom is 0.200 e. The van der Waals surface area contributed by atoms with Crippen molar-refractivity contribution >= 4 is 11.0 Å². The van der Waals surface area contributed by atoms with Gasteiger partial charge in [0.05, 0.1) is 31.8 Å². The van der Waals surface area contributed by atoms with Crippen LogP contribution >= 0.6 is 0 Å². The number of aliphatic hydroxyl groups is 1. The molecule has 33 heavy (non-hydrogen) atoms. The first kappa shape index (κ1) is 23.1. The first-order valence-electron chi connectivity index (χ1n) is 11.1. The van der Waals surface area contributed by atoms with Gasteiger partial charge in [0.1, 0.15) is 24.2 Å². The Morgan fingerprint density at radius 2 is 1.67 bits per heavy atom. The van der Waals surface area contributed by atoms with E-state index in [9.17, 15) is 4.79 Å². The first-order chi connectivity index (χ1) is 16.1. The number of fused-ring (bicyclic) bond motifs is 1. The summed E-state index contributed by atoms with van der Waals surface area (Å²) in [6.45, 7) is 6.18. The fraction of sp³-hybridized carbons (Fsp3) is 0.400. The Bertz CT molecular complexity index is 1140. The molecule has 0 aliphatic carbocycles. The van der Waals surface area contributed by atoms with Crippen LogP contribution in [-0.2, 0) is 0 Å². The van der Waals surface area contributed by atoms with Gasteiger partial charge in [0.2, 0.25) is 0 Å². The third kappa shape index (κ3) is 5.30. The maximum atomic E-state index is 13.1. The lowest BCUT2D eigenvalue weighted by atomic mass is 10.0. The van der Waals surface area contributed by atoms with Crippen molar-refractivity contribution in [2.75, 3.05) is 66.7 Å². The minimum atomic E-state index is -0.115. The van der Waals surface area contributed by atoms with E-state index in [-0.39, 0.29) is 12.0 Å². The van der Waals surface area contributed by atoms with Crippen LogP contribution in [-0.4, -0.2) is 81.6 Å². The van der Waals surface area contributed by atoms with Crippen LogP contribution in [0.5, 0.6) is 17.2 Å². The molecule has 8 nitrogen and oxygen atoms in total. The number of methoxy groups -OCH3 is 2. The van der Waals surface area contributed by atoms with Gasteiger partial charge >= 0.3 is 0 Å². The molecule has 4 rings (SSSR count). The molecule has 3 aromatic rings. The summed E-state index contributed by atoms with van der Waals surface area (Å²) < 4.78 is 22.3. The molecule has 2 heterocycles. The van der Waals surface area contributed by atoms with E-state index < -0.39 is 0 Å². The Hall–Kier alpha value is -3.07. The van der Waals surface area contributed by atoms with Crippen molar-refractivity contribution in [1.29, 1.82) is 0 Å². The lowest BCUT2D eigenvalue weighted by molar-refractivity contribution is 0.102. The van der Waals surface area contributed by atoms with Gasteiger partial charge in [-0.2, -0.15) is 0 Å². The van der Waals surface area contributed by atoms with Gasteiger partial charge in [-0.15, -0.1) is 0 Å². The Morgan fingerprint density at radius 1 is 0.939 bits per heavy atom. The van der Waals surface area contributed by atoms with Gasteiger partial charge in [-0.1, -0.05) is 6.07 Å². The third-order valence-corrected chi connectivity index (χ3v) is 6.00. The van der Waals surface area contributed by atoms with Gasteiger partial charge in [-0.25, -0.2) is 0 Å². The van der Waals surface area contributed by atoms with Crippen LogP contribution < -0.4 is 19.6 Å². The third-order valence-electron chi connectivity index (χ3n) is 6.00. The lowest BCUT2D eigenvalue weighted by Gasteiger charge is -2.34. The minimum Gasteiger partial charge on any atom is -0.493 e. The standard InChI is InChI=1S/C25H30N2O6/c1-30-22-6-3-18(15-24(22)31-2)21-17-33-23-16-19(4-5-20(23)25(21)29)32-14-12-27-9-7-26(8-10-27)11-13-28/h3-6,15-17,28H,7-14H2,1-2H3. The van der Waals surface area contributed by atoms with Gasteiger partial charge in [-0.3, -0.25) is 14.6 Å². The van der Waals surface area contributed by atoms with E-state index in [0.29, 0.717) is 46.0 Å². The molecule has 2 aromatic carbocycles. The Kier molecular flexibility index (Phi) is 7.49. The molecule has 0 spiro atoms. The predicted octanol–water partition coefficient (Wildman–Crippen LogP) is 2.47. The highest BCUT2D eigenvalue weighted by atomic mass is 16.5. The van der Waals surface area contributed by atoms with Gasteiger partial charge < -0.3 is 23.7 Å². The molecule has 0 atom stereocenters. The Morgan fingerprint density at radius 3 is 2.36 bits per heavy atom. The number of aliphatic hydroxyl groups excluding tert-OH is 1. The molecular weight excluding hydrogens is 424 g/mol. The predicted molar refractivity (Wildman–Crippen MR) is 126 cm³/mol. The zero-order valence-electron chi connectivity index (χ0n) is 19.1. The molecular formula is C25H30N2O6. The fourth-order valence-electron chi connectivity index (χ4n) is 4.07. The van der Waals surface area contributed by atoms with E-state index in [1.54, 1.807) is 50.6 Å². The molecule has 176 valence electrons. The van der Waals surface area contributed by atoms with Crippen LogP contribution in [0.4, 0.5) is 0 Å². The molecule has 1 N–H and O–H groups in total. The summed E-state index contributed by atoms with van der Waals surface area (Å²) in [5.74, 6) is 1.82. The molecule has 1 aliphatic heterocycles. The monoisotopic (exact) mass is 454 g/mol. The summed E-state index contributed by atoms with van der Waals surface area (Å²) in [5, 5.41) is 9.54. The zero-order valence-corrected chi connectivity index (χ0v) is 19.1. The second-order valence-corrected chi connectivity index (χ2v) is 7.96. The van der Waals surface area contributed by atoms with Crippen LogP contribution in [0.3, 0.4) is 0 Å². The Labute approximate surface area is 192 Å². The number of benzene rings is 2. The van der Waals surface area contributed by atoms with Crippen LogP contribution in [0.2, 0.25) is 0 Å². The van der Waals surface area contributed by atoms with E-state index in [0.717, 1.165) is 39.3 Å². The maximum absolute atomic E-state index is 13.1. The second-order valence-electron chi connectivity index (χ2n) is 7.96. The van der Waals surface area contributed by atoms with Gasteiger partial charge in [0.25, 0.3) is 0 Å². The van der Waals surface area contributed by atoms with Crippen molar-refractivity contribution in [1.82, 2.24) is 9.80 Å². The molecule has 8 heteroatoms. The van der Waals surface area contributed by atoms with Crippen molar-refractivity contribution in [3.05, 3.63) is 52.9 Å². The number of hydrogen-bond acceptors (Lipinski definition) is 8. The molecule has 0 amide bonds. The average molecular weight is 455 g/mol. The summed E-state index contributed by atoms with van der Waals surface area (Å²) >= 11 is 0. The van der Waals surface area contributed by atoms with Crippen LogP contribution in [0.1, 0.15) is 0 Å². The lowest BCUT2D eigenvalue weighted by Crippen LogP contribution is -2.48. The topological polar surface area (TPSA) is 84.6 Å². The van der Waals surface area contributed by atoms with Crippen molar-refractivity contribution in [3.8, 4) is 28.4 Å². The number of nitrogens with zero attached hydrogens (tertiary/aromatic N) is 2. The van der Waals surface area contributed by atoms with Crippen LogP contribution in [0.25, 0.3) is 22.1 Å². The zero-order chi connectivity index (χ0) is 23.2. The van der Waals surface area contributed by atoms with E-state index in [1.807, 2.05) is 0 Å².